The highest BCUT2D eigenvalue weighted by Crippen LogP contribution is 2.46. The van der Waals surface area contributed by atoms with Crippen molar-refractivity contribution in [3.8, 4) is 22.8 Å². The second kappa shape index (κ2) is 12.1. The van der Waals surface area contributed by atoms with Gasteiger partial charge in [0, 0.05) is 43.6 Å². The van der Waals surface area contributed by atoms with Gasteiger partial charge in [0.25, 0.3) is 0 Å². The van der Waals surface area contributed by atoms with Gasteiger partial charge in [0.05, 0.1) is 22.1 Å². The van der Waals surface area contributed by atoms with Crippen LogP contribution in [-0.2, 0) is 0 Å². The van der Waals surface area contributed by atoms with E-state index in [2.05, 4.69) is 185 Å². The molecular weight excluding hydrogens is 745 g/mol. The van der Waals surface area contributed by atoms with Gasteiger partial charge >= 0.3 is 0 Å². The van der Waals surface area contributed by atoms with Gasteiger partial charge in [-0.2, -0.15) is 0 Å². The summed E-state index contributed by atoms with van der Waals surface area (Å²) in [5.41, 5.74) is 9.28. The first-order valence-corrected chi connectivity index (χ1v) is 20.7. The molecule has 0 saturated carbocycles. The lowest BCUT2D eigenvalue weighted by Gasteiger charge is -2.14. The van der Waals surface area contributed by atoms with Gasteiger partial charge in [-0.1, -0.05) is 133 Å². The fourth-order valence-corrected chi connectivity index (χ4v) is 10.3. The summed E-state index contributed by atoms with van der Waals surface area (Å²) >= 11 is 0. The molecule has 0 aliphatic carbocycles. The minimum atomic E-state index is 0.515. The molecule has 10 aromatic carbocycles. The second-order valence-electron chi connectivity index (χ2n) is 16.1. The second-order valence-corrected chi connectivity index (χ2v) is 16.1. The van der Waals surface area contributed by atoms with Gasteiger partial charge in [-0.15, -0.1) is 0 Å². The van der Waals surface area contributed by atoms with Gasteiger partial charge in [0.15, 0.2) is 5.82 Å². The standard InChI is InChI=1S/C56H32N4O/c1-2-16-36(17-3-1)59-46-24-12-10-21-40(46)44-31-35(26-28-47(44)59)53-55(57-54-43-23-11-13-25-50(43)61-56(54)58-53)60-48-29-27-42-39-20-7-6-18-37(39)38-19-8-9-22-41(38)51(42)52(48)45-30-33-14-4-5-15-34(33)32-49(45)60/h1-32H. The summed E-state index contributed by atoms with van der Waals surface area (Å²) in [5.74, 6) is 0.755. The van der Waals surface area contributed by atoms with Crippen molar-refractivity contribution in [1.82, 2.24) is 19.1 Å². The molecule has 61 heavy (non-hydrogen) atoms. The number of rotatable bonds is 3. The van der Waals surface area contributed by atoms with Crippen LogP contribution in [0.15, 0.2) is 199 Å². The largest absolute Gasteiger partial charge is 0.436 e. The lowest BCUT2D eigenvalue weighted by atomic mass is 9.91. The predicted octanol–water partition coefficient (Wildman–Crippen LogP) is 14.8. The lowest BCUT2D eigenvalue weighted by Crippen LogP contribution is -2.03. The number of para-hydroxylation sites is 3. The Balaban J connectivity index is 1.16. The summed E-state index contributed by atoms with van der Waals surface area (Å²) < 4.78 is 11.2. The summed E-state index contributed by atoms with van der Waals surface area (Å²) in [4.78, 5) is 11.1. The monoisotopic (exact) mass is 776 g/mol. The zero-order valence-corrected chi connectivity index (χ0v) is 32.7. The Morgan fingerprint density at radius 2 is 0.967 bits per heavy atom. The van der Waals surface area contributed by atoms with E-state index in [0.29, 0.717) is 5.71 Å². The molecule has 0 amide bonds. The van der Waals surface area contributed by atoms with Gasteiger partial charge < -0.3 is 8.98 Å². The summed E-state index contributed by atoms with van der Waals surface area (Å²) in [6.07, 6.45) is 0. The van der Waals surface area contributed by atoms with E-state index in [1.807, 2.05) is 18.2 Å². The van der Waals surface area contributed by atoms with E-state index >= 15 is 0 Å². The molecule has 0 saturated heterocycles. The third-order valence-corrected chi connectivity index (χ3v) is 12.9. The first-order valence-electron chi connectivity index (χ1n) is 20.7. The van der Waals surface area contributed by atoms with Crippen molar-refractivity contribution in [3.63, 3.8) is 0 Å². The van der Waals surface area contributed by atoms with Crippen LogP contribution in [0.2, 0.25) is 0 Å². The van der Waals surface area contributed by atoms with Crippen LogP contribution in [0.3, 0.4) is 0 Å². The molecule has 0 N–H and O–H groups in total. The van der Waals surface area contributed by atoms with E-state index in [9.17, 15) is 0 Å². The first kappa shape index (κ1) is 32.7. The number of benzene rings is 10. The molecule has 0 atom stereocenters. The van der Waals surface area contributed by atoms with Crippen LogP contribution in [0.5, 0.6) is 0 Å². The number of hydrogen-bond donors (Lipinski definition) is 0. The van der Waals surface area contributed by atoms with Crippen molar-refractivity contribution in [3.05, 3.63) is 194 Å². The van der Waals surface area contributed by atoms with Crippen LogP contribution >= 0.6 is 0 Å². The Labute approximate surface area is 347 Å². The smallest absolute Gasteiger partial charge is 0.247 e. The maximum atomic E-state index is 6.50. The summed E-state index contributed by atoms with van der Waals surface area (Å²) in [7, 11) is 0. The average molecular weight is 777 g/mol. The molecule has 0 aliphatic heterocycles. The predicted molar refractivity (Wildman–Crippen MR) is 253 cm³/mol. The van der Waals surface area contributed by atoms with Crippen molar-refractivity contribution < 1.29 is 4.42 Å². The summed E-state index contributed by atoms with van der Waals surface area (Å²) in [5, 5.41) is 15.4. The zero-order chi connectivity index (χ0) is 39.8. The Bertz CT molecular complexity index is 4140. The van der Waals surface area contributed by atoms with Gasteiger partial charge in [-0.3, -0.25) is 4.57 Å². The van der Waals surface area contributed by atoms with Crippen molar-refractivity contribution in [2.45, 2.75) is 0 Å². The van der Waals surface area contributed by atoms with E-state index in [1.54, 1.807) is 0 Å². The third-order valence-electron chi connectivity index (χ3n) is 12.9. The van der Waals surface area contributed by atoms with Crippen LogP contribution in [0.25, 0.3) is 132 Å². The molecule has 4 heterocycles. The highest BCUT2D eigenvalue weighted by molar-refractivity contribution is 6.36. The fraction of sp³-hybridized carbons (Fsp3) is 0. The van der Waals surface area contributed by atoms with Crippen LogP contribution in [0.1, 0.15) is 0 Å². The number of furan rings is 1. The molecule has 4 aromatic heterocycles. The summed E-state index contributed by atoms with van der Waals surface area (Å²) in [6.45, 7) is 0. The van der Waals surface area contributed by atoms with Crippen LogP contribution < -0.4 is 0 Å². The molecule has 14 rings (SSSR count). The molecule has 5 nitrogen and oxygen atoms in total. The van der Waals surface area contributed by atoms with Gasteiger partial charge in [-0.25, -0.2) is 9.97 Å². The number of hydrogen-bond acceptors (Lipinski definition) is 3. The maximum Gasteiger partial charge on any atom is 0.247 e. The molecule has 0 fully saturated rings. The van der Waals surface area contributed by atoms with E-state index in [4.69, 9.17) is 14.4 Å². The molecule has 14 aromatic rings. The van der Waals surface area contributed by atoms with Gasteiger partial charge in [-0.05, 0) is 98.4 Å². The molecule has 0 bridgehead atoms. The molecule has 0 unspecified atom stereocenters. The number of nitrogens with zero attached hydrogens (tertiary/aromatic N) is 4. The Morgan fingerprint density at radius 3 is 1.77 bits per heavy atom. The molecule has 0 radical (unpaired) electrons. The van der Waals surface area contributed by atoms with Crippen LogP contribution in [0, 0.1) is 0 Å². The Kier molecular flexibility index (Phi) is 6.49. The van der Waals surface area contributed by atoms with Gasteiger partial charge in [0.1, 0.15) is 16.8 Å². The SMILES string of the molecule is c1ccc(-n2c3ccccc3c3cc(-c4nc5oc6ccccc6c5nc4-n4c5cc6ccccc6cc5c5c6c7ccccc7c7ccccc7c6ccc54)ccc32)cc1. The van der Waals surface area contributed by atoms with Crippen LogP contribution in [0.4, 0.5) is 0 Å². The minimum Gasteiger partial charge on any atom is -0.436 e. The molecular formula is C56H32N4O. The molecule has 0 aliphatic rings. The fourth-order valence-electron chi connectivity index (χ4n) is 10.3. The molecule has 0 spiro atoms. The van der Waals surface area contributed by atoms with E-state index in [1.165, 1.54) is 53.9 Å². The van der Waals surface area contributed by atoms with Crippen LogP contribution in [-0.4, -0.2) is 19.1 Å². The van der Waals surface area contributed by atoms with Crippen molar-refractivity contribution in [2.24, 2.45) is 0 Å². The Hall–Kier alpha value is -8.28. The lowest BCUT2D eigenvalue weighted by molar-refractivity contribution is 0.653. The van der Waals surface area contributed by atoms with Crippen molar-refractivity contribution in [2.75, 3.05) is 0 Å². The maximum absolute atomic E-state index is 6.50. The quantitative estimate of drug-likeness (QED) is 0.168. The van der Waals surface area contributed by atoms with Gasteiger partial charge in [0.2, 0.25) is 5.71 Å². The first-order chi connectivity index (χ1) is 30.3. The van der Waals surface area contributed by atoms with Crippen molar-refractivity contribution in [1.29, 1.82) is 0 Å². The Morgan fingerprint density at radius 1 is 0.361 bits per heavy atom. The minimum absolute atomic E-state index is 0.515. The highest BCUT2D eigenvalue weighted by Gasteiger charge is 2.25. The number of fused-ring (bicyclic) bond motifs is 17. The molecule has 282 valence electrons. The zero-order valence-electron chi connectivity index (χ0n) is 32.7. The van der Waals surface area contributed by atoms with Crippen molar-refractivity contribution >= 4 is 109 Å². The number of aromatic nitrogens is 4. The summed E-state index contributed by atoms with van der Waals surface area (Å²) in [6, 6.07) is 69.7. The van der Waals surface area contributed by atoms with E-state index in [-0.39, 0.29) is 0 Å². The highest BCUT2D eigenvalue weighted by atomic mass is 16.3. The van der Waals surface area contributed by atoms with E-state index < -0.39 is 0 Å². The normalized spacial score (nSPS) is 12.3. The topological polar surface area (TPSA) is 48.8 Å². The van der Waals surface area contributed by atoms with E-state index in [0.717, 1.165) is 72.1 Å². The molecule has 5 heteroatoms. The average Bonchev–Trinajstić information content (AvgIpc) is 3.97. The third kappa shape index (κ3) is 4.49.